The summed E-state index contributed by atoms with van der Waals surface area (Å²) in [5.74, 6) is 0.850. The molecule has 1 aromatic carbocycles. The van der Waals surface area contributed by atoms with Crippen LogP contribution in [0.5, 0.6) is 0 Å². The van der Waals surface area contributed by atoms with E-state index in [1.165, 1.54) is 0 Å². The molecule has 1 N–H and O–H groups in total. The van der Waals surface area contributed by atoms with Crippen molar-refractivity contribution in [1.82, 2.24) is 15.5 Å². The maximum Gasteiger partial charge on any atom is 0.151 e. The van der Waals surface area contributed by atoms with Crippen molar-refractivity contribution < 1.29 is 0 Å². The second kappa shape index (κ2) is 7.38. The number of benzene rings is 1. The van der Waals surface area contributed by atoms with Crippen LogP contribution in [0, 0.1) is 0 Å². The molecule has 0 unspecified atom stereocenters. The van der Waals surface area contributed by atoms with Crippen LogP contribution in [0.3, 0.4) is 0 Å². The van der Waals surface area contributed by atoms with E-state index in [1.54, 1.807) is 0 Å². The van der Waals surface area contributed by atoms with Gasteiger partial charge in [0.15, 0.2) is 5.82 Å². The molecular weight excluding hydrogens is 284 g/mol. The third-order valence-electron chi connectivity index (χ3n) is 3.10. The first-order valence-corrected chi connectivity index (χ1v) is 7.44. The standard InChI is InChI=1S/C16H21ClN4/c1-12(2)18-10-15-7-8-16(20-19-15)21(3)11-13-5-4-6-14(17)9-13/h4-9,12,18H,10-11H2,1-3H3. The van der Waals surface area contributed by atoms with Crippen molar-refractivity contribution in [3.63, 3.8) is 0 Å². The molecule has 5 heteroatoms. The number of aromatic nitrogens is 2. The van der Waals surface area contributed by atoms with Crippen molar-refractivity contribution in [3.05, 3.63) is 52.7 Å². The number of halogens is 1. The molecule has 0 saturated carbocycles. The highest BCUT2D eigenvalue weighted by atomic mass is 35.5. The Hall–Kier alpha value is -1.65. The first kappa shape index (κ1) is 15.7. The van der Waals surface area contributed by atoms with E-state index in [0.717, 1.165) is 35.2 Å². The summed E-state index contributed by atoms with van der Waals surface area (Å²) in [5, 5.41) is 12.6. The van der Waals surface area contributed by atoms with Crippen molar-refractivity contribution in [2.45, 2.75) is 33.0 Å². The normalized spacial score (nSPS) is 10.9. The zero-order valence-corrected chi connectivity index (χ0v) is 13.4. The first-order valence-electron chi connectivity index (χ1n) is 7.06. The SMILES string of the molecule is CC(C)NCc1ccc(N(C)Cc2cccc(Cl)c2)nn1. The molecule has 112 valence electrons. The molecule has 0 aliphatic heterocycles. The van der Waals surface area contributed by atoms with E-state index in [0.29, 0.717) is 6.04 Å². The van der Waals surface area contributed by atoms with E-state index in [1.807, 2.05) is 37.4 Å². The van der Waals surface area contributed by atoms with Crippen LogP contribution in [0.1, 0.15) is 25.1 Å². The van der Waals surface area contributed by atoms with Gasteiger partial charge in [0.2, 0.25) is 0 Å². The van der Waals surface area contributed by atoms with Crippen LogP contribution < -0.4 is 10.2 Å². The average molecular weight is 305 g/mol. The average Bonchev–Trinajstić information content (AvgIpc) is 2.45. The van der Waals surface area contributed by atoms with Crippen LogP contribution in [0.15, 0.2) is 36.4 Å². The van der Waals surface area contributed by atoms with Crippen molar-refractivity contribution in [1.29, 1.82) is 0 Å². The number of anilines is 1. The minimum atomic E-state index is 0.442. The molecule has 0 aliphatic carbocycles. The first-order chi connectivity index (χ1) is 10.0. The van der Waals surface area contributed by atoms with Crippen LogP contribution in [-0.4, -0.2) is 23.3 Å². The smallest absolute Gasteiger partial charge is 0.151 e. The molecule has 0 radical (unpaired) electrons. The molecule has 1 heterocycles. The Balaban J connectivity index is 1.97. The fraction of sp³-hybridized carbons (Fsp3) is 0.375. The molecule has 0 aliphatic rings. The molecule has 0 saturated heterocycles. The van der Waals surface area contributed by atoms with Gasteiger partial charge in [-0.25, -0.2) is 0 Å². The number of nitrogens with zero attached hydrogens (tertiary/aromatic N) is 3. The number of hydrogen-bond acceptors (Lipinski definition) is 4. The molecule has 0 amide bonds. The zero-order chi connectivity index (χ0) is 15.2. The highest BCUT2D eigenvalue weighted by Gasteiger charge is 2.05. The van der Waals surface area contributed by atoms with Gasteiger partial charge in [-0.15, -0.1) is 5.10 Å². The maximum absolute atomic E-state index is 6.00. The maximum atomic E-state index is 6.00. The van der Waals surface area contributed by atoms with E-state index >= 15 is 0 Å². The van der Waals surface area contributed by atoms with Gasteiger partial charge in [0.05, 0.1) is 5.69 Å². The Labute approximate surface area is 131 Å². The molecule has 2 rings (SSSR count). The van der Waals surface area contributed by atoms with Gasteiger partial charge in [-0.3, -0.25) is 0 Å². The molecule has 21 heavy (non-hydrogen) atoms. The summed E-state index contributed by atoms with van der Waals surface area (Å²) in [6, 6.07) is 12.3. The van der Waals surface area contributed by atoms with Gasteiger partial charge in [-0.05, 0) is 29.8 Å². The highest BCUT2D eigenvalue weighted by Crippen LogP contribution is 2.15. The Kier molecular flexibility index (Phi) is 5.53. The Morgan fingerprint density at radius 3 is 2.62 bits per heavy atom. The van der Waals surface area contributed by atoms with Crippen LogP contribution in [-0.2, 0) is 13.1 Å². The van der Waals surface area contributed by atoms with Crippen molar-refractivity contribution in [3.8, 4) is 0 Å². The quantitative estimate of drug-likeness (QED) is 0.889. The third kappa shape index (κ3) is 4.99. The van der Waals surface area contributed by atoms with Crippen LogP contribution in [0.2, 0.25) is 5.02 Å². The summed E-state index contributed by atoms with van der Waals surface area (Å²) in [4.78, 5) is 2.05. The Morgan fingerprint density at radius 2 is 2.00 bits per heavy atom. The van der Waals surface area contributed by atoms with Gasteiger partial charge < -0.3 is 10.2 Å². The second-order valence-corrected chi connectivity index (χ2v) is 5.84. The summed E-state index contributed by atoms with van der Waals surface area (Å²) in [5.41, 5.74) is 2.10. The molecule has 0 bridgehead atoms. The third-order valence-corrected chi connectivity index (χ3v) is 3.33. The van der Waals surface area contributed by atoms with Crippen molar-refractivity contribution in [2.75, 3.05) is 11.9 Å². The predicted molar refractivity (Wildman–Crippen MR) is 87.6 cm³/mol. The zero-order valence-electron chi connectivity index (χ0n) is 12.7. The summed E-state index contributed by atoms with van der Waals surface area (Å²) in [7, 11) is 2.00. The minimum Gasteiger partial charge on any atom is -0.354 e. The van der Waals surface area contributed by atoms with Gasteiger partial charge in [0.1, 0.15) is 0 Å². The Bertz CT molecular complexity index is 569. The van der Waals surface area contributed by atoms with Crippen LogP contribution in [0.25, 0.3) is 0 Å². The van der Waals surface area contributed by atoms with E-state index in [4.69, 9.17) is 11.6 Å². The van der Waals surface area contributed by atoms with Gasteiger partial charge in [-0.1, -0.05) is 37.6 Å². The van der Waals surface area contributed by atoms with Crippen LogP contribution in [0.4, 0.5) is 5.82 Å². The highest BCUT2D eigenvalue weighted by molar-refractivity contribution is 6.30. The van der Waals surface area contributed by atoms with Gasteiger partial charge in [0, 0.05) is 31.2 Å². The van der Waals surface area contributed by atoms with Crippen LogP contribution >= 0.6 is 11.6 Å². The lowest BCUT2D eigenvalue weighted by atomic mass is 10.2. The Morgan fingerprint density at radius 1 is 1.19 bits per heavy atom. The molecule has 4 nitrogen and oxygen atoms in total. The number of nitrogens with one attached hydrogen (secondary N) is 1. The van der Waals surface area contributed by atoms with E-state index in [9.17, 15) is 0 Å². The topological polar surface area (TPSA) is 41.0 Å². The van der Waals surface area contributed by atoms with E-state index < -0.39 is 0 Å². The molecule has 0 fully saturated rings. The lowest BCUT2D eigenvalue weighted by Crippen LogP contribution is -2.23. The summed E-state index contributed by atoms with van der Waals surface area (Å²) in [6.45, 7) is 5.71. The molecule has 0 spiro atoms. The minimum absolute atomic E-state index is 0.442. The summed E-state index contributed by atoms with van der Waals surface area (Å²) in [6.07, 6.45) is 0. The second-order valence-electron chi connectivity index (χ2n) is 5.40. The number of hydrogen-bond donors (Lipinski definition) is 1. The molecule has 2 aromatic rings. The lowest BCUT2D eigenvalue weighted by molar-refractivity contribution is 0.577. The summed E-state index contributed by atoms with van der Waals surface area (Å²) >= 11 is 6.00. The fourth-order valence-corrected chi connectivity index (χ4v) is 2.16. The van der Waals surface area contributed by atoms with Gasteiger partial charge in [-0.2, -0.15) is 5.10 Å². The molecule has 0 atom stereocenters. The monoisotopic (exact) mass is 304 g/mol. The summed E-state index contributed by atoms with van der Waals surface area (Å²) < 4.78 is 0. The molecule has 1 aromatic heterocycles. The van der Waals surface area contributed by atoms with Crippen molar-refractivity contribution >= 4 is 17.4 Å². The predicted octanol–water partition coefficient (Wildman–Crippen LogP) is 3.26. The molecular formula is C16H21ClN4. The van der Waals surface area contributed by atoms with Gasteiger partial charge in [0.25, 0.3) is 0 Å². The van der Waals surface area contributed by atoms with Crippen molar-refractivity contribution in [2.24, 2.45) is 0 Å². The van der Waals surface area contributed by atoms with E-state index in [2.05, 4.69) is 40.3 Å². The van der Waals surface area contributed by atoms with Gasteiger partial charge >= 0.3 is 0 Å². The fourth-order valence-electron chi connectivity index (χ4n) is 1.95. The lowest BCUT2D eigenvalue weighted by Gasteiger charge is -2.18. The number of rotatable bonds is 6. The van der Waals surface area contributed by atoms with E-state index in [-0.39, 0.29) is 0 Å². The largest absolute Gasteiger partial charge is 0.354 e.